The Morgan fingerprint density at radius 1 is 1.58 bits per heavy atom. The number of hydrogen-bond donors (Lipinski definition) is 1. The molecular formula is C7H6INO2S. The summed E-state index contributed by atoms with van der Waals surface area (Å²) in [5.41, 5.74) is 0.794. The minimum atomic E-state index is -0.384. The SMILES string of the molecule is Cc1cc(S)c(I)cc1[N+](=O)[O-]. The molecule has 0 radical (unpaired) electrons. The first-order valence-electron chi connectivity index (χ1n) is 3.16. The smallest absolute Gasteiger partial charge is 0.258 e. The van der Waals surface area contributed by atoms with Crippen LogP contribution in [0.4, 0.5) is 5.69 Å². The van der Waals surface area contributed by atoms with Crippen molar-refractivity contribution in [2.45, 2.75) is 11.8 Å². The lowest BCUT2D eigenvalue weighted by Crippen LogP contribution is -1.92. The van der Waals surface area contributed by atoms with Crippen molar-refractivity contribution in [3.8, 4) is 0 Å². The van der Waals surface area contributed by atoms with E-state index in [-0.39, 0.29) is 10.6 Å². The van der Waals surface area contributed by atoms with E-state index in [1.807, 2.05) is 22.6 Å². The zero-order chi connectivity index (χ0) is 9.30. The topological polar surface area (TPSA) is 43.1 Å². The second-order valence-electron chi connectivity index (χ2n) is 2.35. The Kier molecular flexibility index (Phi) is 2.94. The highest BCUT2D eigenvalue weighted by Crippen LogP contribution is 2.25. The summed E-state index contributed by atoms with van der Waals surface area (Å²) in [6.45, 7) is 1.70. The predicted octanol–water partition coefficient (Wildman–Crippen LogP) is 2.80. The van der Waals surface area contributed by atoms with Gasteiger partial charge in [-0.3, -0.25) is 10.1 Å². The van der Waals surface area contributed by atoms with Crippen LogP contribution in [0.15, 0.2) is 17.0 Å². The molecule has 0 N–H and O–H groups in total. The second kappa shape index (κ2) is 3.61. The van der Waals surface area contributed by atoms with Gasteiger partial charge in [-0.2, -0.15) is 0 Å². The van der Waals surface area contributed by atoms with Crippen LogP contribution in [0.25, 0.3) is 0 Å². The fourth-order valence-corrected chi connectivity index (χ4v) is 1.56. The van der Waals surface area contributed by atoms with Gasteiger partial charge in [0.25, 0.3) is 5.69 Å². The lowest BCUT2D eigenvalue weighted by Gasteiger charge is -2.00. The molecule has 1 rings (SSSR count). The molecule has 0 atom stereocenters. The van der Waals surface area contributed by atoms with Crippen LogP contribution in [0.3, 0.4) is 0 Å². The molecule has 1 aromatic carbocycles. The van der Waals surface area contributed by atoms with Gasteiger partial charge in [-0.25, -0.2) is 0 Å². The number of halogens is 1. The molecule has 0 aliphatic rings. The van der Waals surface area contributed by atoms with E-state index in [0.717, 1.165) is 8.47 Å². The van der Waals surface area contributed by atoms with Crippen LogP contribution in [0.2, 0.25) is 0 Å². The molecule has 0 bridgehead atoms. The molecule has 1 aromatic rings. The Morgan fingerprint density at radius 2 is 2.17 bits per heavy atom. The van der Waals surface area contributed by atoms with Gasteiger partial charge < -0.3 is 0 Å². The molecule has 0 aliphatic heterocycles. The fraction of sp³-hybridized carbons (Fsp3) is 0.143. The standard InChI is InChI=1S/C7H6INO2S/c1-4-2-7(12)5(8)3-6(4)9(10)11/h2-3,12H,1H3. The molecule has 5 heteroatoms. The first-order valence-corrected chi connectivity index (χ1v) is 4.68. The molecule has 3 nitrogen and oxygen atoms in total. The first kappa shape index (κ1) is 9.79. The van der Waals surface area contributed by atoms with Crippen LogP contribution in [-0.2, 0) is 0 Å². The average molecular weight is 295 g/mol. The molecule has 0 heterocycles. The highest BCUT2D eigenvalue weighted by Gasteiger charge is 2.11. The molecule has 0 amide bonds. The molecule has 0 fully saturated rings. The zero-order valence-corrected chi connectivity index (χ0v) is 9.30. The van der Waals surface area contributed by atoms with Crippen LogP contribution < -0.4 is 0 Å². The Bertz CT molecular complexity index is 340. The third kappa shape index (κ3) is 1.89. The maximum absolute atomic E-state index is 10.5. The number of nitro benzene ring substituents is 1. The van der Waals surface area contributed by atoms with Crippen LogP contribution in [0, 0.1) is 20.6 Å². The quantitative estimate of drug-likeness (QED) is 0.375. The molecular weight excluding hydrogens is 289 g/mol. The fourth-order valence-electron chi connectivity index (χ4n) is 0.852. The first-order chi connectivity index (χ1) is 5.52. The van der Waals surface area contributed by atoms with E-state index in [0.29, 0.717) is 5.56 Å². The number of hydrogen-bond acceptors (Lipinski definition) is 3. The number of nitrogens with zero attached hydrogens (tertiary/aromatic N) is 1. The maximum Gasteiger partial charge on any atom is 0.273 e. The minimum Gasteiger partial charge on any atom is -0.258 e. The normalized spacial score (nSPS) is 9.92. The zero-order valence-electron chi connectivity index (χ0n) is 6.24. The van der Waals surface area contributed by atoms with E-state index >= 15 is 0 Å². The third-order valence-corrected chi connectivity index (χ3v) is 3.15. The Morgan fingerprint density at radius 3 is 2.67 bits per heavy atom. The van der Waals surface area contributed by atoms with Gasteiger partial charge >= 0.3 is 0 Å². The highest BCUT2D eigenvalue weighted by molar-refractivity contribution is 14.1. The molecule has 0 spiro atoms. The number of rotatable bonds is 1. The van der Waals surface area contributed by atoms with Crippen LogP contribution in [0.1, 0.15) is 5.56 Å². The largest absolute Gasteiger partial charge is 0.273 e. The van der Waals surface area contributed by atoms with E-state index in [1.165, 1.54) is 6.07 Å². The van der Waals surface area contributed by atoms with Gasteiger partial charge in [0.1, 0.15) is 0 Å². The molecule has 0 saturated heterocycles. The number of thiol groups is 1. The monoisotopic (exact) mass is 295 g/mol. The molecule has 0 unspecified atom stereocenters. The van der Waals surface area contributed by atoms with Crippen molar-refractivity contribution >= 4 is 40.9 Å². The molecule has 0 saturated carbocycles. The van der Waals surface area contributed by atoms with Gasteiger partial charge in [-0.05, 0) is 35.6 Å². The highest BCUT2D eigenvalue weighted by atomic mass is 127. The summed E-state index contributed by atoms with van der Waals surface area (Å²) in [7, 11) is 0. The number of aryl methyl sites for hydroxylation is 1. The van der Waals surface area contributed by atoms with Crippen molar-refractivity contribution in [2.75, 3.05) is 0 Å². The summed E-state index contributed by atoms with van der Waals surface area (Å²) in [6, 6.07) is 3.22. The number of benzene rings is 1. The molecule has 0 aliphatic carbocycles. The van der Waals surface area contributed by atoms with Crippen LogP contribution >= 0.6 is 35.2 Å². The maximum atomic E-state index is 10.5. The lowest BCUT2D eigenvalue weighted by atomic mass is 10.2. The van der Waals surface area contributed by atoms with Crippen molar-refractivity contribution in [1.82, 2.24) is 0 Å². The summed E-state index contributed by atoms with van der Waals surface area (Å²) in [5.74, 6) is 0. The van der Waals surface area contributed by atoms with E-state index < -0.39 is 0 Å². The lowest BCUT2D eigenvalue weighted by molar-refractivity contribution is -0.385. The van der Waals surface area contributed by atoms with Crippen LogP contribution in [-0.4, -0.2) is 4.92 Å². The van der Waals surface area contributed by atoms with Crippen molar-refractivity contribution in [3.05, 3.63) is 31.4 Å². The summed E-state index contributed by atoms with van der Waals surface area (Å²) in [4.78, 5) is 10.9. The Labute approximate surface area is 88.9 Å². The molecule has 64 valence electrons. The van der Waals surface area contributed by atoms with E-state index in [1.54, 1.807) is 13.0 Å². The molecule has 12 heavy (non-hydrogen) atoms. The third-order valence-electron chi connectivity index (χ3n) is 1.46. The summed E-state index contributed by atoms with van der Waals surface area (Å²) in [5, 5.41) is 10.5. The van der Waals surface area contributed by atoms with Gasteiger partial charge in [0.2, 0.25) is 0 Å². The van der Waals surface area contributed by atoms with Gasteiger partial charge in [0.05, 0.1) is 4.92 Å². The van der Waals surface area contributed by atoms with E-state index in [2.05, 4.69) is 12.6 Å². The van der Waals surface area contributed by atoms with Gasteiger partial charge in [-0.15, -0.1) is 12.6 Å². The predicted molar refractivity (Wildman–Crippen MR) is 57.8 cm³/mol. The average Bonchev–Trinajstić information content (AvgIpc) is 1.96. The van der Waals surface area contributed by atoms with Gasteiger partial charge in [-0.1, -0.05) is 0 Å². The van der Waals surface area contributed by atoms with Gasteiger partial charge in [0.15, 0.2) is 0 Å². The Balaban J connectivity index is 3.33. The molecule has 0 aromatic heterocycles. The van der Waals surface area contributed by atoms with E-state index in [4.69, 9.17) is 0 Å². The second-order valence-corrected chi connectivity index (χ2v) is 3.99. The minimum absolute atomic E-state index is 0.150. The summed E-state index contributed by atoms with van der Waals surface area (Å²) in [6.07, 6.45) is 0. The van der Waals surface area contributed by atoms with Crippen LogP contribution in [0.5, 0.6) is 0 Å². The van der Waals surface area contributed by atoms with E-state index in [9.17, 15) is 10.1 Å². The van der Waals surface area contributed by atoms with Crippen molar-refractivity contribution in [1.29, 1.82) is 0 Å². The number of nitro groups is 1. The summed E-state index contributed by atoms with van der Waals surface area (Å²) >= 11 is 6.17. The summed E-state index contributed by atoms with van der Waals surface area (Å²) < 4.78 is 0.799. The van der Waals surface area contributed by atoms with Crippen molar-refractivity contribution in [3.63, 3.8) is 0 Å². The van der Waals surface area contributed by atoms with Crippen molar-refractivity contribution < 1.29 is 4.92 Å². The van der Waals surface area contributed by atoms with Gasteiger partial charge in [0, 0.05) is 20.1 Å². The van der Waals surface area contributed by atoms with Crippen molar-refractivity contribution in [2.24, 2.45) is 0 Å². The Hall–Kier alpha value is -0.300.